The Morgan fingerprint density at radius 2 is 1.96 bits per heavy atom. The van der Waals surface area contributed by atoms with E-state index < -0.39 is 6.43 Å². The van der Waals surface area contributed by atoms with E-state index in [1.54, 1.807) is 0 Å². The number of rotatable bonds is 5. The lowest BCUT2D eigenvalue weighted by Crippen LogP contribution is -2.34. The smallest absolute Gasteiger partial charge is 0.289 e. The summed E-state index contributed by atoms with van der Waals surface area (Å²) in [5.74, 6) is 1.77. The van der Waals surface area contributed by atoms with Crippen molar-refractivity contribution in [2.45, 2.75) is 32.6 Å². The minimum absolute atomic E-state index is 0.140. The van der Waals surface area contributed by atoms with Crippen molar-refractivity contribution >= 4 is 11.3 Å². The van der Waals surface area contributed by atoms with Crippen molar-refractivity contribution in [1.29, 1.82) is 0 Å². The van der Waals surface area contributed by atoms with Crippen molar-refractivity contribution in [3.8, 4) is 10.4 Å². The number of fused-ring (bicyclic) bond motifs is 1. The van der Waals surface area contributed by atoms with Crippen molar-refractivity contribution in [2.24, 2.45) is 5.73 Å². The molecule has 0 fully saturated rings. The van der Waals surface area contributed by atoms with E-state index in [4.69, 9.17) is 5.73 Å². The Bertz CT molecular complexity index is 889. The molecule has 26 heavy (non-hydrogen) atoms. The molecule has 1 aliphatic rings. The summed E-state index contributed by atoms with van der Waals surface area (Å²) in [6, 6.07) is 7.97. The summed E-state index contributed by atoms with van der Waals surface area (Å²) >= 11 is 1.03. The number of halogens is 2. The predicted octanol–water partition coefficient (Wildman–Crippen LogP) is 2.81. The van der Waals surface area contributed by atoms with Gasteiger partial charge in [-0.25, -0.2) is 13.8 Å². The lowest BCUT2D eigenvalue weighted by atomic mass is 10.1. The highest BCUT2D eigenvalue weighted by atomic mass is 32.1. The molecular weight excluding hydrogens is 358 g/mol. The molecule has 0 atom stereocenters. The quantitative estimate of drug-likeness (QED) is 0.741. The van der Waals surface area contributed by atoms with Crippen LogP contribution in [0.15, 0.2) is 30.5 Å². The molecule has 0 bridgehead atoms. The first kappa shape index (κ1) is 17.2. The Balaban J connectivity index is 1.43. The molecule has 0 amide bonds. The van der Waals surface area contributed by atoms with Gasteiger partial charge >= 0.3 is 0 Å². The Kier molecular flexibility index (Phi) is 4.75. The van der Waals surface area contributed by atoms with E-state index in [1.165, 1.54) is 11.8 Å². The van der Waals surface area contributed by atoms with Crippen molar-refractivity contribution in [3.05, 3.63) is 52.7 Å². The molecule has 0 saturated carbocycles. The second-order valence-electron chi connectivity index (χ2n) is 6.16. The Labute approximate surface area is 153 Å². The maximum Gasteiger partial charge on any atom is 0.289 e. The van der Waals surface area contributed by atoms with Gasteiger partial charge in [0.15, 0.2) is 5.01 Å². The third-order valence-electron chi connectivity index (χ3n) is 4.45. The fourth-order valence-corrected chi connectivity index (χ4v) is 3.89. The molecule has 6 nitrogen and oxygen atoms in total. The number of hydrogen-bond donors (Lipinski definition) is 1. The van der Waals surface area contributed by atoms with E-state index in [-0.39, 0.29) is 5.01 Å². The fourth-order valence-electron chi connectivity index (χ4n) is 3.11. The average molecular weight is 376 g/mol. The summed E-state index contributed by atoms with van der Waals surface area (Å²) in [6.07, 6.45) is -1.01. The molecule has 0 spiro atoms. The van der Waals surface area contributed by atoms with Crippen LogP contribution in [0.2, 0.25) is 0 Å². The minimum Gasteiger partial charge on any atom is -0.324 e. The van der Waals surface area contributed by atoms with Crippen LogP contribution >= 0.6 is 11.3 Å². The molecule has 3 heterocycles. The first-order valence-electron chi connectivity index (χ1n) is 8.30. The van der Waals surface area contributed by atoms with E-state index in [2.05, 4.69) is 24.6 Å². The molecule has 136 valence electrons. The van der Waals surface area contributed by atoms with Gasteiger partial charge in [0, 0.05) is 25.8 Å². The second kappa shape index (κ2) is 7.18. The Morgan fingerprint density at radius 3 is 2.65 bits per heavy atom. The summed E-state index contributed by atoms with van der Waals surface area (Å²) in [5.41, 5.74) is 7.75. The van der Waals surface area contributed by atoms with E-state index in [1.807, 2.05) is 24.3 Å². The molecule has 2 aromatic heterocycles. The van der Waals surface area contributed by atoms with Gasteiger partial charge in [-0.1, -0.05) is 24.3 Å². The fraction of sp³-hybridized carbons (Fsp3) is 0.353. The summed E-state index contributed by atoms with van der Waals surface area (Å²) in [7, 11) is 0. The van der Waals surface area contributed by atoms with Crippen LogP contribution in [0.25, 0.3) is 10.4 Å². The zero-order valence-corrected chi connectivity index (χ0v) is 14.8. The van der Waals surface area contributed by atoms with Crippen LogP contribution in [0.3, 0.4) is 0 Å². The molecule has 0 unspecified atom stereocenters. The zero-order valence-electron chi connectivity index (χ0n) is 14.0. The van der Waals surface area contributed by atoms with Gasteiger partial charge in [0.1, 0.15) is 11.6 Å². The number of nitrogens with two attached hydrogens (primary N) is 1. The summed E-state index contributed by atoms with van der Waals surface area (Å²) in [6.45, 7) is 3.69. The lowest BCUT2D eigenvalue weighted by Gasteiger charge is -2.27. The van der Waals surface area contributed by atoms with Gasteiger partial charge < -0.3 is 10.3 Å². The molecule has 4 rings (SSSR count). The monoisotopic (exact) mass is 376 g/mol. The van der Waals surface area contributed by atoms with Gasteiger partial charge in [0.25, 0.3) is 6.43 Å². The van der Waals surface area contributed by atoms with E-state index in [9.17, 15) is 8.78 Å². The van der Waals surface area contributed by atoms with E-state index in [0.29, 0.717) is 6.54 Å². The van der Waals surface area contributed by atoms with Crippen LogP contribution in [0.4, 0.5) is 8.78 Å². The highest BCUT2D eigenvalue weighted by Crippen LogP contribution is 2.31. The van der Waals surface area contributed by atoms with Crippen LogP contribution in [0.5, 0.6) is 0 Å². The van der Waals surface area contributed by atoms with Crippen molar-refractivity contribution in [3.63, 3.8) is 0 Å². The molecule has 0 saturated heterocycles. The second-order valence-corrected chi connectivity index (χ2v) is 7.22. The summed E-state index contributed by atoms with van der Waals surface area (Å²) in [4.78, 5) is 6.84. The third-order valence-corrected chi connectivity index (χ3v) is 5.50. The number of alkyl halides is 2. The molecule has 0 aliphatic carbocycles. The SMILES string of the molecule is NCc1nnc2n1CCN(Cc1ccc(-c3cnc(C(F)F)s3)cc1)C2. The van der Waals surface area contributed by atoms with E-state index in [0.717, 1.165) is 59.6 Å². The molecule has 9 heteroatoms. The van der Waals surface area contributed by atoms with Gasteiger partial charge in [-0.3, -0.25) is 4.90 Å². The molecule has 1 aromatic carbocycles. The Hall–Kier alpha value is -2.23. The van der Waals surface area contributed by atoms with Crippen molar-refractivity contribution in [2.75, 3.05) is 6.54 Å². The van der Waals surface area contributed by atoms with Crippen LogP contribution in [0, 0.1) is 0 Å². The topological polar surface area (TPSA) is 72.9 Å². The summed E-state index contributed by atoms with van der Waals surface area (Å²) in [5, 5.41) is 8.19. The molecular formula is C17H18F2N6S. The first-order valence-corrected chi connectivity index (χ1v) is 9.12. The van der Waals surface area contributed by atoms with Crippen molar-refractivity contribution < 1.29 is 8.78 Å². The maximum atomic E-state index is 12.7. The van der Waals surface area contributed by atoms with Crippen LogP contribution < -0.4 is 5.73 Å². The highest BCUT2D eigenvalue weighted by molar-refractivity contribution is 7.15. The largest absolute Gasteiger partial charge is 0.324 e. The number of benzene rings is 1. The lowest BCUT2D eigenvalue weighted by molar-refractivity contribution is 0.151. The van der Waals surface area contributed by atoms with Crippen LogP contribution in [-0.2, 0) is 26.2 Å². The number of hydrogen-bond acceptors (Lipinski definition) is 6. The van der Waals surface area contributed by atoms with E-state index >= 15 is 0 Å². The molecule has 1 aliphatic heterocycles. The van der Waals surface area contributed by atoms with Crippen molar-refractivity contribution in [1.82, 2.24) is 24.6 Å². The van der Waals surface area contributed by atoms with Crippen LogP contribution in [-0.4, -0.2) is 31.2 Å². The van der Waals surface area contributed by atoms with Gasteiger partial charge in [-0.2, -0.15) is 0 Å². The standard InChI is InChI=1S/C17H18F2N6S/c18-16(19)17-21-8-13(26-17)12-3-1-11(2-4-12)9-24-5-6-25-14(7-20)22-23-15(25)10-24/h1-4,8,16H,5-7,9-10,20H2. The molecule has 0 radical (unpaired) electrons. The average Bonchev–Trinajstić information content (AvgIpc) is 3.29. The maximum absolute atomic E-state index is 12.7. The third kappa shape index (κ3) is 3.37. The Morgan fingerprint density at radius 1 is 1.15 bits per heavy atom. The number of nitrogens with zero attached hydrogens (tertiary/aromatic N) is 5. The summed E-state index contributed by atoms with van der Waals surface area (Å²) < 4.78 is 27.4. The normalized spacial score (nSPS) is 14.8. The van der Waals surface area contributed by atoms with Gasteiger partial charge in [0.05, 0.1) is 18.0 Å². The molecule has 2 N–H and O–H groups in total. The predicted molar refractivity (Wildman–Crippen MR) is 94.5 cm³/mol. The molecule has 3 aromatic rings. The minimum atomic E-state index is -2.52. The van der Waals surface area contributed by atoms with Crippen LogP contribution in [0.1, 0.15) is 28.6 Å². The van der Waals surface area contributed by atoms with Gasteiger partial charge in [-0.05, 0) is 11.1 Å². The number of aromatic nitrogens is 4. The van der Waals surface area contributed by atoms with Gasteiger partial charge in [-0.15, -0.1) is 21.5 Å². The first-order chi connectivity index (χ1) is 12.6. The zero-order chi connectivity index (χ0) is 18.1. The van der Waals surface area contributed by atoms with Gasteiger partial charge in [0.2, 0.25) is 0 Å². The number of thiazole rings is 1. The highest BCUT2D eigenvalue weighted by Gasteiger charge is 2.20.